The normalized spacial score (nSPS) is 12.5. The molecule has 0 saturated heterocycles. The van der Waals surface area contributed by atoms with Crippen LogP contribution in [0, 0.1) is 0 Å². The molecule has 3 rings (SSSR count). The van der Waals surface area contributed by atoms with Gasteiger partial charge in [0.1, 0.15) is 23.1 Å². The number of carboxylic acids is 1. The molecule has 11 heteroatoms. The largest absolute Gasteiger partial charge is 0.493 e. The van der Waals surface area contributed by atoms with Crippen molar-refractivity contribution >= 4 is 46.2 Å². The van der Waals surface area contributed by atoms with E-state index in [1.165, 1.54) is 0 Å². The minimum absolute atomic E-state index is 0.102. The summed E-state index contributed by atoms with van der Waals surface area (Å²) < 4.78 is 7.69. The first-order valence-electron chi connectivity index (χ1n) is 9.74. The lowest BCUT2D eigenvalue weighted by Crippen LogP contribution is -2.30. The molecule has 0 radical (unpaired) electrons. The van der Waals surface area contributed by atoms with Crippen molar-refractivity contribution in [1.82, 2.24) is 19.5 Å². The molecule has 9 nitrogen and oxygen atoms in total. The lowest BCUT2D eigenvalue weighted by Gasteiger charge is -2.15. The van der Waals surface area contributed by atoms with E-state index in [-0.39, 0.29) is 12.5 Å². The van der Waals surface area contributed by atoms with E-state index in [4.69, 9.17) is 44.5 Å². The second kappa shape index (κ2) is 9.67. The Kier molecular flexibility index (Phi) is 7.19. The average molecular weight is 467 g/mol. The van der Waals surface area contributed by atoms with Gasteiger partial charge in [0, 0.05) is 16.5 Å². The fraction of sp³-hybridized carbons (Fsp3) is 0.400. The van der Waals surface area contributed by atoms with E-state index in [1.807, 2.05) is 18.4 Å². The first-order valence-corrected chi connectivity index (χ1v) is 10.5. The van der Waals surface area contributed by atoms with Crippen LogP contribution in [0.25, 0.3) is 11.2 Å². The Morgan fingerprint density at radius 3 is 2.71 bits per heavy atom. The number of ether oxygens (including phenoxy) is 1. The van der Waals surface area contributed by atoms with Crippen molar-refractivity contribution in [1.29, 1.82) is 0 Å². The second-order valence-electron chi connectivity index (χ2n) is 7.47. The number of carboxylic acid groups (broad SMARTS) is 1. The van der Waals surface area contributed by atoms with Crippen molar-refractivity contribution in [2.45, 2.75) is 45.2 Å². The van der Waals surface area contributed by atoms with Crippen LogP contribution in [-0.4, -0.2) is 43.2 Å². The van der Waals surface area contributed by atoms with E-state index in [2.05, 4.69) is 15.0 Å². The number of nitrogen functional groups attached to an aromatic ring is 1. The van der Waals surface area contributed by atoms with Gasteiger partial charge in [-0.15, -0.1) is 0 Å². The molecule has 0 fully saturated rings. The summed E-state index contributed by atoms with van der Waals surface area (Å²) in [6.45, 7) is 4.56. The fourth-order valence-corrected chi connectivity index (χ4v) is 3.53. The third-order valence-corrected chi connectivity index (χ3v) is 5.26. The molecule has 0 aliphatic carbocycles. The number of benzene rings is 1. The lowest BCUT2D eigenvalue weighted by molar-refractivity contribution is -0.138. The molecular weight excluding hydrogens is 443 g/mol. The van der Waals surface area contributed by atoms with Crippen molar-refractivity contribution in [2.24, 2.45) is 5.73 Å². The lowest BCUT2D eigenvalue weighted by atomic mass is 10.1. The maximum atomic E-state index is 10.9. The van der Waals surface area contributed by atoms with Crippen molar-refractivity contribution in [3.63, 3.8) is 0 Å². The Morgan fingerprint density at radius 1 is 1.29 bits per heavy atom. The number of fused-ring (bicyclic) bond motifs is 1. The average Bonchev–Trinajstić information content (AvgIpc) is 3.10. The van der Waals surface area contributed by atoms with E-state index >= 15 is 0 Å². The van der Waals surface area contributed by atoms with Crippen LogP contribution in [-0.2, 0) is 11.3 Å². The van der Waals surface area contributed by atoms with Crippen LogP contribution >= 0.6 is 23.2 Å². The van der Waals surface area contributed by atoms with Gasteiger partial charge in [-0.3, -0.25) is 4.79 Å². The molecule has 0 aliphatic heterocycles. The van der Waals surface area contributed by atoms with Crippen molar-refractivity contribution in [2.75, 3.05) is 12.3 Å². The van der Waals surface area contributed by atoms with Crippen molar-refractivity contribution in [3.8, 4) is 5.75 Å². The van der Waals surface area contributed by atoms with Gasteiger partial charge >= 0.3 is 5.97 Å². The molecule has 31 heavy (non-hydrogen) atoms. The highest BCUT2D eigenvalue weighted by Gasteiger charge is 2.17. The highest BCUT2D eigenvalue weighted by Crippen LogP contribution is 2.33. The Morgan fingerprint density at radius 2 is 2.03 bits per heavy atom. The van der Waals surface area contributed by atoms with Crippen LogP contribution in [0.4, 0.5) is 5.82 Å². The van der Waals surface area contributed by atoms with Crippen LogP contribution in [0.1, 0.15) is 44.0 Å². The molecule has 1 unspecified atom stereocenters. The van der Waals surface area contributed by atoms with Crippen LogP contribution in [0.5, 0.6) is 5.75 Å². The van der Waals surface area contributed by atoms with E-state index in [0.717, 1.165) is 0 Å². The maximum absolute atomic E-state index is 10.9. The minimum atomic E-state index is -1.04. The van der Waals surface area contributed by atoms with Crippen LogP contribution in [0.2, 0.25) is 10.0 Å². The maximum Gasteiger partial charge on any atom is 0.320 e. The quantitative estimate of drug-likeness (QED) is 0.406. The number of anilines is 1. The standard InChI is InChI=1S/C20H24Cl2N6O3/c1-10(2)18-26-17(24)16-19(27-18)28(9-25-16)8-12-13(22)6-11(21)7-15(12)31-5-3-4-14(23)20(29)30/h6-7,9-10,14H,3-5,8,23H2,1-2H3,(H,29,30)(H2,24,26,27). The molecule has 0 aliphatic rings. The summed E-state index contributed by atoms with van der Waals surface area (Å²) in [5.41, 5.74) is 13.4. The number of halogens is 2. The van der Waals surface area contributed by atoms with Crippen LogP contribution in [0.15, 0.2) is 18.5 Å². The summed E-state index contributed by atoms with van der Waals surface area (Å²) in [5, 5.41) is 9.74. The molecule has 2 aromatic heterocycles. The zero-order valence-electron chi connectivity index (χ0n) is 17.2. The summed E-state index contributed by atoms with van der Waals surface area (Å²) in [6.07, 6.45) is 2.38. The van der Waals surface area contributed by atoms with Gasteiger partial charge in [0.05, 0.1) is 24.5 Å². The predicted molar refractivity (Wildman–Crippen MR) is 120 cm³/mol. The molecule has 1 atom stereocenters. The molecule has 0 amide bonds. The van der Waals surface area contributed by atoms with Gasteiger partial charge in [-0.1, -0.05) is 37.0 Å². The Bertz CT molecular complexity index is 1100. The van der Waals surface area contributed by atoms with Crippen molar-refractivity contribution in [3.05, 3.63) is 39.9 Å². The van der Waals surface area contributed by atoms with Gasteiger partial charge in [0.2, 0.25) is 0 Å². The van der Waals surface area contributed by atoms with E-state index in [1.54, 1.807) is 18.5 Å². The number of rotatable bonds is 9. The van der Waals surface area contributed by atoms with Crippen LogP contribution < -0.4 is 16.2 Å². The number of nitrogens with two attached hydrogens (primary N) is 2. The number of hydrogen-bond donors (Lipinski definition) is 3. The van der Waals surface area contributed by atoms with E-state index in [0.29, 0.717) is 63.6 Å². The molecule has 5 N–H and O–H groups in total. The zero-order valence-corrected chi connectivity index (χ0v) is 18.7. The number of aliphatic carboxylic acids is 1. The van der Waals surface area contributed by atoms with Gasteiger partial charge in [0.15, 0.2) is 11.5 Å². The minimum Gasteiger partial charge on any atom is -0.493 e. The number of carbonyl (C=O) groups is 1. The molecule has 2 heterocycles. The second-order valence-corrected chi connectivity index (χ2v) is 8.31. The van der Waals surface area contributed by atoms with E-state index < -0.39 is 12.0 Å². The summed E-state index contributed by atoms with van der Waals surface area (Å²) in [5.74, 6) is 0.501. The third-order valence-electron chi connectivity index (χ3n) is 4.71. The molecule has 3 aromatic rings. The van der Waals surface area contributed by atoms with E-state index in [9.17, 15) is 4.79 Å². The van der Waals surface area contributed by atoms with Gasteiger partial charge in [-0.05, 0) is 25.0 Å². The highest BCUT2D eigenvalue weighted by molar-refractivity contribution is 6.35. The van der Waals surface area contributed by atoms with Crippen molar-refractivity contribution < 1.29 is 14.6 Å². The molecular formula is C20H24Cl2N6O3. The fourth-order valence-electron chi connectivity index (χ4n) is 3.00. The Hall–Kier alpha value is -2.62. The van der Waals surface area contributed by atoms with Gasteiger partial charge < -0.3 is 25.9 Å². The van der Waals surface area contributed by atoms with Gasteiger partial charge in [-0.2, -0.15) is 0 Å². The number of hydrogen-bond acceptors (Lipinski definition) is 7. The molecule has 1 aromatic carbocycles. The monoisotopic (exact) mass is 466 g/mol. The summed E-state index contributed by atoms with van der Waals surface area (Å²) in [4.78, 5) is 24.1. The topological polar surface area (TPSA) is 142 Å². The summed E-state index contributed by atoms with van der Waals surface area (Å²) >= 11 is 12.6. The van der Waals surface area contributed by atoms with Gasteiger partial charge in [-0.25, -0.2) is 15.0 Å². The molecule has 0 bridgehead atoms. The summed E-state index contributed by atoms with van der Waals surface area (Å²) in [7, 11) is 0. The molecule has 0 saturated carbocycles. The molecule has 0 spiro atoms. The Balaban J connectivity index is 1.87. The number of nitrogens with zero attached hydrogens (tertiary/aromatic N) is 4. The van der Waals surface area contributed by atoms with Crippen LogP contribution in [0.3, 0.4) is 0 Å². The zero-order chi connectivity index (χ0) is 22.7. The smallest absolute Gasteiger partial charge is 0.320 e. The highest BCUT2D eigenvalue weighted by atomic mass is 35.5. The summed E-state index contributed by atoms with van der Waals surface area (Å²) in [6, 6.07) is 2.37. The number of aromatic nitrogens is 4. The predicted octanol–water partition coefficient (Wildman–Crippen LogP) is 3.46. The first kappa shape index (κ1) is 23.1. The SMILES string of the molecule is CC(C)c1nc(N)c2ncn(Cc3c(Cl)cc(Cl)cc3OCCCC(N)C(=O)O)c2n1. The Labute approximate surface area is 189 Å². The third kappa shape index (κ3) is 5.36. The van der Waals surface area contributed by atoms with Gasteiger partial charge in [0.25, 0.3) is 0 Å². The number of imidazole rings is 1. The molecule has 166 valence electrons. The first-order chi connectivity index (χ1) is 14.7.